The number of hydrogen-bond donors (Lipinski definition) is 2. The molecule has 2 aromatic carbocycles. The Balaban J connectivity index is 1.71. The SMILES string of the molecule is CC(NC(=O)C1(N)Cc2ccccc2C1)c1ccc(S(C)(=O)=O)cc1. The highest BCUT2D eigenvalue weighted by Gasteiger charge is 2.40. The maximum absolute atomic E-state index is 12.7. The standard InChI is InChI=1S/C19H22N2O3S/c1-13(14-7-9-17(10-8-14)25(2,23)24)21-18(22)19(20)11-15-5-3-4-6-16(15)12-19/h3-10,13H,11-12,20H2,1-2H3,(H,21,22). The molecule has 5 nitrogen and oxygen atoms in total. The van der Waals surface area contributed by atoms with Crippen molar-refractivity contribution in [3.8, 4) is 0 Å². The Bertz CT molecular complexity index is 880. The Kier molecular flexibility index (Phi) is 4.43. The van der Waals surface area contributed by atoms with Crippen molar-refractivity contribution in [1.29, 1.82) is 0 Å². The van der Waals surface area contributed by atoms with Crippen molar-refractivity contribution >= 4 is 15.7 Å². The lowest BCUT2D eigenvalue weighted by Crippen LogP contribution is -2.55. The van der Waals surface area contributed by atoms with Crippen LogP contribution >= 0.6 is 0 Å². The quantitative estimate of drug-likeness (QED) is 0.872. The zero-order chi connectivity index (χ0) is 18.2. The second-order valence-electron chi connectivity index (χ2n) is 6.81. The molecule has 132 valence electrons. The maximum atomic E-state index is 12.7. The molecule has 0 bridgehead atoms. The second-order valence-corrected chi connectivity index (χ2v) is 8.83. The molecule has 0 saturated carbocycles. The highest BCUT2D eigenvalue weighted by molar-refractivity contribution is 7.90. The number of rotatable bonds is 4. The van der Waals surface area contributed by atoms with E-state index in [1.54, 1.807) is 24.3 Å². The summed E-state index contributed by atoms with van der Waals surface area (Å²) in [6.07, 6.45) is 2.21. The van der Waals surface area contributed by atoms with Gasteiger partial charge >= 0.3 is 0 Å². The molecule has 1 atom stereocenters. The summed E-state index contributed by atoms with van der Waals surface area (Å²) in [6.45, 7) is 1.86. The van der Waals surface area contributed by atoms with E-state index in [1.807, 2.05) is 31.2 Å². The van der Waals surface area contributed by atoms with Crippen LogP contribution in [-0.4, -0.2) is 26.1 Å². The third-order valence-electron chi connectivity index (χ3n) is 4.74. The molecule has 3 rings (SSSR count). The average Bonchev–Trinajstić information content (AvgIpc) is 2.91. The molecule has 1 amide bonds. The van der Waals surface area contributed by atoms with Crippen LogP contribution in [-0.2, 0) is 27.5 Å². The maximum Gasteiger partial charge on any atom is 0.241 e. The van der Waals surface area contributed by atoms with Crippen LogP contribution in [0.25, 0.3) is 0 Å². The fourth-order valence-electron chi connectivity index (χ4n) is 3.23. The lowest BCUT2D eigenvalue weighted by atomic mass is 9.95. The molecule has 1 aliphatic rings. The topological polar surface area (TPSA) is 89.3 Å². The van der Waals surface area contributed by atoms with Crippen molar-refractivity contribution in [2.45, 2.75) is 36.2 Å². The normalized spacial score (nSPS) is 16.9. The number of sulfone groups is 1. The van der Waals surface area contributed by atoms with Gasteiger partial charge in [0.05, 0.1) is 10.9 Å². The van der Waals surface area contributed by atoms with Gasteiger partial charge in [0.2, 0.25) is 5.91 Å². The molecule has 0 heterocycles. The Labute approximate surface area is 148 Å². The molecule has 1 unspecified atom stereocenters. The molecule has 1 aliphatic carbocycles. The van der Waals surface area contributed by atoms with Gasteiger partial charge in [-0.15, -0.1) is 0 Å². The van der Waals surface area contributed by atoms with E-state index in [0.29, 0.717) is 12.8 Å². The minimum Gasteiger partial charge on any atom is -0.348 e. The molecule has 6 heteroatoms. The van der Waals surface area contributed by atoms with Gasteiger partial charge in [-0.05, 0) is 48.6 Å². The zero-order valence-electron chi connectivity index (χ0n) is 14.3. The van der Waals surface area contributed by atoms with Crippen LogP contribution in [0.1, 0.15) is 29.7 Å². The second kappa shape index (κ2) is 6.28. The van der Waals surface area contributed by atoms with Gasteiger partial charge in [0.15, 0.2) is 9.84 Å². The molecule has 0 fully saturated rings. The molecule has 0 aliphatic heterocycles. The number of amides is 1. The summed E-state index contributed by atoms with van der Waals surface area (Å²) in [6, 6.07) is 14.2. The van der Waals surface area contributed by atoms with Crippen LogP contribution in [0.4, 0.5) is 0 Å². The minimum atomic E-state index is -3.23. The number of carbonyl (C=O) groups is 1. The van der Waals surface area contributed by atoms with Crippen LogP contribution in [0.15, 0.2) is 53.4 Å². The fraction of sp³-hybridized carbons (Fsp3) is 0.316. The van der Waals surface area contributed by atoms with Crippen LogP contribution in [0.5, 0.6) is 0 Å². The van der Waals surface area contributed by atoms with Gasteiger partial charge in [-0.25, -0.2) is 8.42 Å². The first-order valence-corrected chi connectivity index (χ1v) is 10.0. The summed E-state index contributed by atoms with van der Waals surface area (Å²) in [5.41, 5.74) is 8.49. The van der Waals surface area contributed by atoms with Gasteiger partial charge in [-0.1, -0.05) is 36.4 Å². The summed E-state index contributed by atoms with van der Waals surface area (Å²) in [5.74, 6) is -0.191. The van der Waals surface area contributed by atoms with E-state index < -0.39 is 15.4 Å². The molecule has 0 radical (unpaired) electrons. The van der Waals surface area contributed by atoms with Crippen LogP contribution < -0.4 is 11.1 Å². The van der Waals surface area contributed by atoms with Crippen molar-refractivity contribution in [3.63, 3.8) is 0 Å². The molecule has 25 heavy (non-hydrogen) atoms. The van der Waals surface area contributed by atoms with Crippen molar-refractivity contribution in [2.75, 3.05) is 6.26 Å². The van der Waals surface area contributed by atoms with Gasteiger partial charge < -0.3 is 11.1 Å². The summed E-state index contributed by atoms with van der Waals surface area (Å²) in [4.78, 5) is 13.0. The van der Waals surface area contributed by atoms with Crippen LogP contribution in [0.2, 0.25) is 0 Å². The Morgan fingerprint density at radius 1 is 1.08 bits per heavy atom. The van der Waals surface area contributed by atoms with Gasteiger partial charge in [-0.3, -0.25) is 4.79 Å². The molecular weight excluding hydrogens is 336 g/mol. The lowest BCUT2D eigenvalue weighted by Gasteiger charge is -2.25. The molecule has 0 aromatic heterocycles. The number of nitrogens with two attached hydrogens (primary N) is 1. The number of benzene rings is 2. The average molecular weight is 358 g/mol. The Morgan fingerprint density at radius 2 is 1.60 bits per heavy atom. The summed E-state index contributed by atoms with van der Waals surface area (Å²) in [7, 11) is -3.23. The van der Waals surface area contributed by atoms with E-state index in [0.717, 1.165) is 16.7 Å². The van der Waals surface area contributed by atoms with E-state index in [9.17, 15) is 13.2 Å². The summed E-state index contributed by atoms with van der Waals surface area (Å²) in [5, 5.41) is 2.96. The van der Waals surface area contributed by atoms with E-state index in [1.165, 1.54) is 6.26 Å². The monoisotopic (exact) mass is 358 g/mol. The van der Waals surface area contributed by atoms with Gasteiger partial charge in [-0.2, -0.15) is 0 Å². The van der Waals surface area contributed by atoms with E-state index in [2.05, 4.69) is 5.32 Å². The first-order valence-electron chi connectivity index (χ1n) is 8.16. The van der Waals surface area contributed by atoms with E-state index >= 15 is 0 Å². The van der Waals surface area contributed by atoms with E-state index in [4.69, 9.17) is 5.73 Å². The Morgan fingerprint density at radius 3 is 2.08 bits per heavy atom. The number of nitrogens with one attached hydrogen (secondary N) is 1. The molecular formula is C19H22N2O3S. The van der Waals surface area contributed by atoms with Crippen LogP contribution in [0.3, 0.4) is 0 Å². The van der Waals surface area contributed by atoms with Crippen molar-refractivity contribution in [1.82, 2.24) is 5.32 Å². The number of fused-ring (bicyclic) bond motifs is 1. The lowest BCUT2D eigenvalue weighted by molar-refractivity contribution is -0.126. The van der Waals surface area contributed by atoms with Crippen molar-refractivity contribution in [2.24, 2.45) is 5.73 Å². The summed E-state index contributed by atoms with van der Waals surface area (Å²) < 4.78 is 23.1. The smallest absolute Gasteiger partial charge is 0.241 e. The first-order chi connectivity index (χ1) is 11.7. The predicted molar refractivity (Wildman–Crippen MR) is 96.9 cm³/mol. The largest absolute Gasteiger partial charge is 0.348 e. The predicted octanol–water partition coefficient (Wildman–Crippen LogP) is 1.76. The van der Waals surface area contributed by atoms with Gasteiger partial charge in [0, 0.05) is 6.26 Å². The highest BCUT2D eigenvalue weighted by Crippen LogP contribution is 2.29. The molecule has 3 N–H and O–H groups in total. The molecule has 2 aromatic rings. The highest BCUT2D eigenvalue weighted by atomic mass is 32.2. The fourth-order valence-corrected chi connectivity index (χ4v) is 3.86. The first kappa shape index (κ1) is 17.6. The molecule has 0 spiro atoms. The number of carbonyl (C=O) groups excluding carboxylic acids is 1. The van der Waals surface area contributed by atoms with Crippen LogP contribution in [0, 0.1) is 0 Å². The van der Waals surface area contributed by atoms with Crippen molar-refractivity contribution < 1.29 is 13.2 Å². The zero-order valence-corrected chi connectivity index (χ0v) is 15.1. The Hall–Kier alpha value is -2.18. The number of hydrogen-bond acceptors (Lipinski definition) is 4. The van der Waals surface area contributed by atoms with Crippen molar-refractivity contribution in [3.05, 3.63) is 65.2 Å². The minimum absolute atomic E-state index is 0.191. The van der Waals surface area contributed by atoms with Gasteiger partial charge in [0.25, 0.3) is 0 Å². The van der Waals surface area contributed by atoms with Gasteiger partial charge in [0.1, 0.15) is 5.54 Å². The third-order valence-corrected chi connectivity index (χ3v) is 5.87. The summed E-state index contributed by atoms with van der Waals surface area (Å²) >= 11 is 0. The van der Waals surface area contributed by atoms with E-state index in [-0.39, 0.29) is 16.8 Å². The molecule has 0 saturated heterocycles. The third kappa shape index (κ3) is 3.60.